The summed E-state index contributed by atoms with van der Waals surface area (Å²) in [6.07, 6.45) is 0. The normalized spacial score (nSPS) is 17.1. The lowest BCUT2D eigenvalue weighted by molar-refractivity contribution is -0.139. The van der Waals surface area contributed by atoms with Gasteiger partial charge in [-0.3, -0.25) is 14.5 Å². The predicted octanol–water partition coefficient (Wildman–Crippen LogP) is 1.79. The molecule has 2 N–H and O–H groups in total. The van der Waals surface area contributed by atoms with E-state index in [1.807, 2.05) is 30.3 Å². The van der Waals surface area contributed by atoms with E-state index in [4.69, 9.17) is 21.1 Å². The molecular formula is C23H27ClN4O4. The lowest BCUT2D eigenvalue weighted by Gasteiger charge is -2.38. The molecule has 4 rings (SSSR count). The maximum absolute atomic E-state index is 12.5. The highest BCUT2D eigenvalue weighted by atomic mass is 35.5. The Morgan fingerprint density at radius 3 is 2.41 bits per heavy atom. The van der Waals surface area contributed by atoms with Crippen molar-refractivity contribution in [1.29, 1.82) is 0 Å². The standard InChI is InChI=1S/C23H27ClN4O4/c1-27-8-10-28(11-9-27)19(17-4-7-20-21(12-17)32-15-31-20)14-26-23(30)22(29)25-13-16-2-5-18(24)6-3-16/h2-7,12,19H,8-11,13-15H2,1H3,(H,25,29)(H,26,30)/t19-/m1/s1. The summed E-state index contributed by atoms with van der Waals surface area (Å²) in [6, 6.07) is 12.9. The zero-order chi connectivity index (χ0) is 22.5. The molecule has 9 heteroatoms. The summed E-state index contributed by atoms with van der Waals surface area (Å²) in [4.78, 5) is 29.4. The highest BCUT2D eigenvalue weighted by molar-refractivity contribution is 6.35. The molecule has 0 unspecified atom stereocenters. The molecule has 0 aliphatic carbocycles. The van der Waals surface area contributed by atoms with E-state index in [1.165, 1.54) is 0 Å². The molecule has 2 aliphatic heterocycles. The lowest BCUT2D eigenvalue weighted by atomic mass is 10.0. The van der Waals surface area contributed by atoms with Crippen LogP contribution in [0.3, 0.4) is 0 Å². The summed E-state index contributed by atoms with van der Waals surface area (Å²) in [5.41, 5.74) is 1.88. The molecule has 2 aromatic carbocycles. The lowest BCUT2D eigenvalue weighted by Crippen LogP contribution is -2.49. The van der Waals surface area contributed by atoms with E-state index in [0.717, 1.165) is 43.1 Å². The number of likely N-dealkylation sites (N-methyl/N-ethyl adjacent to an activating group) is 1. The van der Waals surface area contributed by atoms with Crippen LogP contribution in [0.1, 0.15) is 17.2 Å². The average molecular weight is 459 g/mol. The predicted molar refractivity (Wildman–Crippen MR) is 121 cm³/mol. The fraction of sp³-hybridized carbons (Fsp3) is 0.391. The van der Waals surface area contributed by atoms with Crippen molar-refractivity contribution in [2.24, 2.45) is 0 Å². The van der Waals surface area contributed by atoms with Crippen molar-refractivity contribution in [1.82, 2.24) is 20.4 Å². The quantitative estimate of drug-likeness (QED) is 0.642. The van der Waals surface area contributed by atoms with Gasteiger partial charge in [-0.25, -0.2) is 0 Å². The van der Waals surface area contributed by atoms with Gasteiger partial charge in [0.2, 0.25) is 6.79 Å². The first-order chi connectivity index (χ1) is 15.5. The summed E-state index contributed by atoms with van der Waals surface area (Å²) in [5, 5.41) is 6.07. The van der Waals surface area contributed by atoms with Crippen molar-refractivity contribution in [2.45, 2.75) is 12.6 Å². The Labute approximate surface area is 192 Å². The third kappa shape index (κ3) is 5.51. The number of amides is 2. The van der Waals surface area contributed by atoms with Gasteiger partial charge >= 0.3 is 11.8 Å². The Morgan fingerprint density at radius 2 is 1.66 bits per heavy atom. The second-order valence-corrected chi connectivity index (χ2v) is 8.42. The van der Waals surface area contributed by atoms with Crippen LogP contribution in [-0.2, 0) is 16.1 Å². The Kier molecular flexibility index (Phi) is 7.14. The van der Waals surface area contributed by atoms with E-state index in [-0.39, 0.29) is 19.4 Å². The zero-order valence-corrected chi connectivity index (χ0v) is 18.7. The van der Waals surface area contributed by atoms with Crippen LogP contribution >= 0.6 is 11.6 Å². The van der Waals surface area contributed by atoms with Crippen molar-refractivity contribution in [2.75, 3.05) is 46.6 Å². The van der Waals surface area contributed by atoms with Crippen molar-refractivity contribution in [3.8, 4) is 11.5 Å². The Morgan fingerprint density at radius 1 is 0.969 bits per heavy atom. The first-order valence-electron chi connectivity index (χ1n) is 10.6. The Hall–Kier alpha value is -2.81. The average Bonchev–Trinajstić information content (AvgIpc) is 3.27. The number of piperazine rings is 1. The van der Waals surface area contributed by atoms with Crippen LogP contribution in [0, 0.1) is 0 Å². The summed E-state index contributed by atoms with van der Waals surface area (Å²) in [7, 11) is 2.10. The van der Waals surface area contributed by atoms with Crippen LogP contribution in [0.15, 0.2) is 42.5 Å². The number of hydrogen-bond donors (Lipinski definition) is 2. The molecule has 1 fully saturated rings. The van der Waals surface area contributed by atoms with E-state index in [1.54, 1.807) is 12.1 Å². The maximum Gasteiger partial charge on any atom is 0.309 e. The molecule has 2 heterocycles. The number of nitrogens with zero attached hydrogens (tertiary/aromatic N) is 2. The number of rotatable bonds is 6. The number of ether oxygens (including phenoxy) is 2. The fourth-order valence-electron chi connectivity index (χ4n) is 3.85. The summed E-state index contributed by atoms with van der Waals surface area (Å²) >= 11 is 5.88. The number of carbonyl (C=O) groups is 2. The van der Waals surface area contributed by atoms with Crippen LogP contribution < -0.4 is 20.1 Å². The monoisotopic (exact) mass is 458 g/mol. The summed E-state index contributed by atoms with van der Waals surface area (Å²) in [5.74, 6) is 0.103. The molecule has 170 valence electrons. The number of nitrogens with one attached hydrogen (secondary N) is 2. The van der Waals surface area contributed by atoms with Gasteiger partial charge < -0.3 is 25.0 Å². The van der Waals surface area contributed by atoms with Gasteiger partial charge in [0.15, 0.2) is 11.5 Å². The molecule has 8 nitrogen and oxygen atoms in total. The number of halogens is 1. The van der Waals surface area contributed by atoms with Crippen molar-refractivity contribution in [3.63, 3.8) is 0 Å². The topological polar surface area (TPSA) is 83.1 Å². The SMILES string of the molecule is CN1CCN([C@H](CNC(=O)C(=O)NCc2ccc(Cl)cc2)c2ccc3c(c2)OCO3)CC1. The molecule has 2 amide bonds. The number of fused-ring (bicyclic) bond motifs is 1. The third-order valence-corrected chi connectivity index (χ3v) is 6.04. The second-order valence-electron chi connectivity index (χ2n) is 7.99. The largest absolute Gasteiger partial charge is 0.454 e. The third-order valence-electron chi connectivity index (χ3n) is 5.79. The molecule has 2 aromatic rings. The number of benzene rings is 2. The molecule has 0 aromatic heterocycles. The molecule has 0 spiro atoms. The number of carbonyl (C=O) groups excluding carboxylic acids is 2. The molecule has 0 saturated carbocycles. The van der Waals surface area contributed by atoms with Gasteiger partial charge in [-0.1, -0.05) is 29.8 Å². The van der Waals surface area contributed by atoms with Crippen molar-refractivity contribution in [3.05, 3.63) is 58.6 Å². The molecule has 0 bridgehead atoms. The van der Waals surface area contributed by atoms with Crippen molar-refractivity contribution < 1.29 is 19.1 Å². The minimum Gasteiger partial charge on any atom is -0.454 e. The molecule has 32 heavy (non-hydrogen) atoms. The second kappa shape index (κ2) is 10.2. The van der Waals surface area contributed by atoms with Gasteiger partial charge in [0.1, 0.15) is 0 Å². The molecular weight excluding hydrogens is 432 g/mol. The van der Waals surface area contributed by atoms with Crippen molar-refractivity contribution >= 4 is 23.4 Å². The van der Waals surface area contributed by atoms with Gasteiger partial charge in [-0.15, -0.1) is 0 Å². The minimum absolute atomic E-state index is 0.0776. The van der Waals surface area contributed by atoms with E-state index in [0.29, 0.717) is 17.3 Å². The maximum atomic E-state index is 12.5. The van der Waals surface area contributed by atoms with E-state index in [9.17, 15) is 9.59 Å². The van der Waals surface area contributed by atoms with E-state index < -0.39 is 11.8 Å². The first-order valence-corrected chi connectivity index (χ1v) is 11.0. The Balaban J connectivity index is 1.38. The highest BCUT2D eigenvalue weighted by Gasteiger charge is 2.27. The van der Waals surface area contributed by atoms with Gasteiger partial charge in [0, 0.05) is 44.3 Å². The molecule has 1 saturated heterocycles. The van der Waals surface area contributed by atoms with Crippen LogP contribution in [0.25, 0.3) is 0 Å². The first kappa shape index (κ1) is 22.4. The van der Waals surface area contributed by atoms with Crippen LogP contribution in [0.4, 0.5) is 0 Å². The fourth-order valence-corrected chi connectivity index (χ4v) is 3.97. The van der Waals surface area contributed by atoms with Crippen LogP contribution in [0.5, 0.6) is 11.5 Å². The van der Waals surface area contributed by atoms with Gasteiger partial charge in [-0.05, 0) is 42.4 Å². The summed E-state index contributed by atoms with van der Waals surface area (Å²) in [6.45, 7) is 4.40. The van der Waals surface area contributed by atoms with E-state index in [2.05, 4.69) is 27.5 Å². The van der Waals surface area contributed by atoms with Gasteiger partial charge in [0.05, 0.1) is 6.04 Å². The molecule has 1 atom stereocenters. The van der Waals surface area contributed by atoms with Gasteiger partial charge in [-0.2, -0.15) is 0 Å². The van der Waals surface area contributed by atoms with Crippen LogP contribution in [-0.4, -0.2) is 68.2 Å². The number of hydrogen-bond acceptors (Lipinski definition) is 6. The zero-order valence-electron chi connectivity index (χ0n) is 18.0. The van der Waals surface area contributed by atoms with E-state index >= 15 is 0 Å². The summed E-state index contributed by atoms with van der Waals surface area (Å²) < 4.78 is 10.9. The van der Waals surface area contributed by atoms with Crippen LogP contribution in [0.2, 0.25) is 5.02 Å². The highest BCUT2D eigenvalue weighted by Crippen LogP contribution is 2.35. The molecule has 0 radical (unpaired) electrons. The Bertz CT molecular complexity index is 961. The van der Waals surface area contributed by atoms with Gasteiger partial charge in [0.25, 0.3) is 0 Å². The smallest absolute Gasteiger partial charge is 0.309 e. The minimum atomic E-state index is -0.664. The molecule has 2 aliphatic rings.